The SMILES string of the molecule is Cc1c(Cl)cc(NC(=O)C(CC(=O)O)NC(=O)OCC2c3ccccc3-c3ccccc32)cc1Cl. The molecule has 3 N–H and O–H groups in total. The molecule has 9 heteroatoms. The van der Waals surface area contributed by atoms with Crippen molar-refractivity contribution < 1.29 is 24.2 Å². The van der Waals surface area contributed by atoms with Crippen LogP contribution in [0.5, 0.6) is 0 Å². The highest BCUT2D eigenvalue weighted by Gasteiger charge is 2.30. The van der Waals surface area contributed by atoms with Gasteiger partial charge in [-0.15, -0.1) is 0 Å². The van der Waals surface area contributed by atoms with Crippen LogP contribution in [0.1, 0.15) is 29.0 Å². The number of carboxylic acid groups (broad SMARTS) is 1. The van der Waals surface area contributed by atoms with E-state index in [4.69, 9.17) is 27.9 Å². The molecule has 7 nitrogen and oxygen atoms in total. The molecule has 0 aliphatic heterocycles. The predicted molar refractivity (Wildman–Crippen MR) is 134 cm³/mol. The molecule has 0 bridgehead atoms. The summed E-state index contributed by atoms with van der Waals surface area (Å²) in [5.41, 5.74) is 5.15. The van der Waals surface area contributed by atoms with Gasteiger partial charge in [0.15, 0.2) is 0 Å². The lowest BCUT2D eigenvalue weighted by atomic mass is 9.98. The van der Waals surface area contributed by atoms with Gasteiger partial charge in [0, 0.05) is 21.7 Å². The first-order valence-electron chi connectivity index (χ1n) is 10.8. The van der Waals surface area contributed by atoms with Crippen molar-refractivity contribution in [3.8, 4) is 11.1 Å². The summed E-state index contributed by atoms with van der Waals surface area (Å²) in [6.07, 6.45) is -1.53. The van der Waals surface area contributed by atoms with Crippen LogP contribution in [-0.2, 0) is 14.3 Å². The molecule has 3 aromatic rings. The quantitative estimate of drug-likeness (QED) is 0.380. The van der Waals surface area contributed by atoms with E-state index in [-0.39, 0.29) is 18.2 Å². The highest BCUT2D eigenvalue weighted by molar-refractivity contribution is 6.36. The molecule has 2 amide bonds. The molecule has 4 rings (SSSR count). The Kier molecular flexibility index (Phi) is 7.28. The number of fused-ring (bicyclic) bond motifs is 3. The minimum atomic E-state index is -1.37. The van der Waals surface area contributed by atoms with Gasteiger partial charge < -0.3 is 20.5 Å². The van der Waals surface area contributed by atoms with Gasteiger partial charge in [0.2, 0.25) is 5.91 Å². The Labute approximate surface area is 212 Å². The summed E-state index contributed by atoms with van der Waals surface area (Å²) in [4.78, 5) is 36.7. The summed E-state index contributed by atoms with van der Waals surface area (Å²) in [5, 5.41) is 14.8. The standard InChI is InChI=1S/C26H22Cl2N2O5/c1-14-21(27)10-15(11-22(14)28)29-25(33)23(12-24(31)32)30-26(34)35-13-20-18-8-4-2-6-16(18)17-7-3-5-9-19(17)20/h2-11,20,23H,12-13H2,1H3,(H,29,33)(H,30,34)(H,31,32). The second kappa shape index (κ2) is 10.4. The van der Waals surface area contributed by atoms with Gasteiger partial charge in [0.05, 0.1) is 6.42 Å². The Bertz CT molecular complexity index is 1240. The summed E-state index contributed by atoms with van der Waals surface area (Å²) in [6.45, 7) is 1.76. The van der Waals surface area contributed by atoms with E-state index < -0.39 is 30.4 Å². The molecule has 0 aromatic heterocycles. The number of carbonyl (C=O) groups excluding carboxylic acids is 2. The van der Waals surface area contributed by atoms with E-state index in [1.165, 1.54) is 12.1 Å². The Morgan fingerprint density at radius 2 is 1.51 bits per heavy atom. The van der Waals surface area contributed by atoms with Crippen LogP contribution in [-0.4, -0.2) is 35.7 Å². The first-order chi connectivity index (χ1) is 16.7. The van der Waals surface area contributed by atoms with Gasteiger partial charge in [-0.1, -0.05) is 71.7 Å². The van der Waals surface area contributed by atoms with Crippen molar-refractivity contribution in [1.29, 1.82) is 0 Å². The van der Waals surface area contributed by atoms with Crippen molar-refractivity contribution in [2.75, 3.05) is 11.9 Å². The molecule has 35 heavy (non-hydrogen) atoms. The Morgan fingerprint density at radius 1 is 0.971 bits per heavy atom. The van der Waals surface area contributed by atoms with Gasteiger partial charge in [-0.3, -0.25) is 9.59 Å². The van der Waals surface area contributed by atoms with Gasteiger partial charge in [-0.25, -0.2) is 4.79 Å². The van der Waals surface area contributed by atoms with Crippen LogP contribution < -0.4 is 10.6 Å². The molecule has 0 saturated heterocycles. The zero-order chi connectivity index (χ0) is 25.1. The number of anilines is 1. The molecular weight excluding hydrogens is 491 g/mol. The maximum absolute atomic E-state index is 12.7. The average Bonchev–Trinajstić information content (AvgIpc) is 3.14. The zero-order valence-electron chi connectivity index (χ0n) is 18.7. The maximum Gasteiger partial charge on any atom is 0.407 e. The summed E-state index contributed by atoms with van der Waals surface area (Å²) in [5.74, 6) is -2.17. The van der Waals surface area contributed by atoms with Crippen LogP contribution in [0.3, 0.4) is 0 Å². The maximum atomic E-state index is 12.7. The van der Waals surface area contributed by atoms with Crippen LogP contribution in [0, 0.1) is 6.92 Å². The Morgan fingerprint density at radius 3 is 2.06 bits per heavy atom. The van der Waals surface area contributed by atoms with E-state index in [2.05, 4.69) is 10.6 Å². The topological polar surface area (TPSA) is 105 Å². The number of nitrogens with one attached hydrogen (secondary N) is 2. The van der Waals surface area contributed by atoms with Crippen molar-refractivity contribution in [3.63, 3.8) is 0 Å². The first-order valence-corrected chi connectivity index (χ1v) is 11.6. The van der Waals surface area contributed by atoms with Crippen molar-refractivity contribution in [3.05, 3.63) is 87.4 Å². The number of rotatable bonds is 7. The van der Waals surface area contributed by atoms with Gasteiger partial charge in [-0.2, -0.15) is 0 Å². The number of amides is 2. The Hall–Kier alpha value is -3.55. The summed E-state index contributed by atoms with van der Waals surface area (Å²) in [6, 6.07) is 17.4. The Balaban J connectivity index is 1.44. The van der Waals surface area contributed by atoms with E-state index in [0.29, 0.717) is 15.6 Å². The number of alkyl carbamates (subject to hydrolysis) is 1. The number of carbonyl (C=O) groups is 3. The normalized spacial score (nSPS) is 12.9. The van der Waals surface area contributed by atoms with Gasteiger partial charge >= 0.3 is 12.1 Å². The highest BCUT2D eigenvalue weighted by Crippen LogP contribution is 2.44. The minimum Gasteiger partial charge on any atom is -0.481 e. The average molecular weight is 513 g/mol. The van der Waals surface area contributed by atoms with Crippen LogP contribution in [0.2, 0.25) is 10.0 Å². The zero-order valence-corrected chi connectivity index (χ0v) is 20.2. The molecular formula is C26H22Cl2N2O5. The molecule has 3 aromatic carbocycles. The van der Waals surface area contributed by atoms with Crippen LogP contribution >= 0.6 is 23.2 Å². The third-order valence-electron chi connectivity index (χ3n) is 5.88. The van der Waals surface area contributed by atoms with Crippen molar-refractivity contribution in [1.82, 2.24) is 5.32 Å². The van der Waals surface area contributed by atoms with Crippen molar-refractivity contribution >= 4 is 46.9 Å². The number of halogens is 2. The lowest BCUT2D eigenvalue weighted by Crippen LogP contribution is -2.45. The fourth-order valence-corrected chi connectivity index (χ4v) is 4.60. The second-order valence-corrected chi connectivity index (χ2v) is 8.99. The summed E-state index contributed by atoms with van der Waals surface area (Å²) in [7, 11) is 0. The first kappa shape index (κ1) is 24.6. The van der Waals surface area contributed by atoms with E-state index in [9.17, 15) is 19.5 Å². The number of benzene rings is 3. The van der Waals surface area contributed by atoms with Crippen LogP contribution in [0.4, 0.5) is 10.5 Å². The number of ether oxygens (including phenoxy) is 1. The molecule has 0 fully saturated rings. The second-order valence-electron chi connectivity index (χ2n) is 8.17. The van der Waals surface area contributed by atoms with E-state index >= 15 is 0 Å². The van der Waals surface area contributed by atoms with Crippen LogP contribution in [0.15, 0.2) is 60.7 Å². The molecule has 0 heterocycles. The van der Waals surface area contributed by atoms with Gasteiger partial charge in [0.1, 0.15) is 12.6 Å². The largest absolute Gasteiger partial charge is 0.481 e. The fraction of sp³-hybridized carbons (Fsp3) is 0.192. The van der Waals surface area contributed by atoms with Crippen molar-refractivity contribution in [2.45, 2.75) is 25.3 Å². The molecule has 0 saturated carbocycles. The lowest BCUT2D eigenvalue weighted by molar-refractivity contribution is -0.139. The predicted octanol–water partition coefficient (Wildman–Crippen LogP) is 5.62. The van der Waals surface area contributed by atoms with E-state index in [1.807, 2.05) is 48.5 Å². The number of hydrogen-bond acceptors (Lipinski definition) is 4. The lowest BCUT2D eigenvalue weighted by Gasteiger charge is -2.19. The minimum absolute atomic E-state index is 0.0322. The van der Waals surface area contributed by atoms with E-state index in [1.54, 1.807) is 6.92 Å². The molecule has 1 atom stereocenters. The van der Waals surface area contributed by atoms with Crippen LogP contribution in [0.25, 0.3) is 11.1 Å². The fourth-order valence-electron chi connectivity index (χ4n) is 4.11. The molecule has 1 unspecified atom stereocenters. The third-order valence-corrected chi connectivity index (χ3v) is 6.66. The summed E-state index contributed by atoms with van der Waals surface area (Å²) >= 11 is 12.2. The van der Waals surface area contributed by atoms with Gasteiger partial charge in [0.25, 0.3) is 0 Å². The molecule has 1 aliphatic rings. The number of hydrogen-bond donors (Lipinski definition) is 3. The third kappa shape index (κ3) is 5.42. The van der Waals surface area contributed by atoms with Gasteiger partial charge in [-0.05, 0) is 46.9 Å². The monoisotopic (exact) mass is 512 g/mol. The molecule has 0 radical (unpaired) electrons. The molecule has 0 spiro atoms. The highest BCUT2D eigenvalue weighted by atomic mass is 35.5. The molecule has 1 aliphatic carbocycles. The molecule has 180 valence electrons. The smallest absolute Gasteiger partial charge is 0.407 e. The summed E-state index contributed by atoms with van der Waals surface area (Å²) < 4.78 is 5.44. The van der Waals surface area contributed by atoms with Crippen molar-refractivity contribution in [2.24, 2.45) is 0 Å². The number of carboxylic acids is 1. The van der Waals surface area contributed by atoms with E-state index in [0.717, 1.165) is 22.3 Å². The number of aliphatic carboxylic acids is 1.